The highest BCUT2D eigenvalue weighted by Gasteiger charge is 2.58. The van der Waals surface area contributed by atoms with E-state index in [-0.39, 0.29) is 11.5 Å². The molecule has 3 saturated carbocycles. The van der Waals surface area contributed by atoms with Gasteiger partial charge in [-0.2, -0.15) is 0 Å². The van der Waals surface area contributed by atoms with Crippen LogP contribution in [-0.2, 0) is 4.79 Å². The van der Waals surface area contributed by atoms with E-state index in [0.717, 1.165) is 12.5 Å². The van der Waals surface area contributed by atoms with Gasteiger partial charge in [0.15, 0.2) is 0 Å². The second-order valence-electron chi connectivity index (χ2n) is 8.51. The minimum absolute atomic E-state index is 0.0799. The number of carbonyl (C=O) groups excluding carboxylic acids is 1. The van der Waals surface area contributed by atoms with Crippen LogP contribution in [-0.4, -0.2) is 18.4 Å². The molecule has 2 bridgehead atoms. The van der Waals surface area contributed by atoms with Crippen molar-refractivity contribution in [3.8, 4) is 0 Å². The van der Waals surface area contributed by atoms with Crippen LogP contribution in [0.4, 0.5) is 0 Å². The Kier molecular flexibility index (Phi) is 3.52. The summed E-state index contributed by atoms with van der Waals surface area (Å²) in [4.78, 5) is 11.6. The van der Waals surface area contributed by atoms with E-state index in [0.29, 0.717) is 11.2 Å². The first-order valence-electron chi connectivity index (χ1n) is 8.60. The molecule has 114 valence electrons. The van der Waals surface area contributed by atoms with Crippen LogP contribution in [0.2, 0.25) is 0 Å². The summed E-state index contributed by atoms with van der Waals surface area (Å²) >= 11 is 0. The highest BCUT2D eigenvalue weighted by atomic mass is 16.1. The van der Waals surface area contributed by atoms with Gasteiger partial charge in [-0.05, 0) is 61.3 Å². The Morgan fingerprint density at radius 3 is 2.20 bits per heavy atom. The lowest BCUT2D eigenvalue weighted by Crippen LogP contribution is -2.59. The molecule has 0 radical (unpaired) electrons. The van der Waals surface area contributed by atoms with Gasteiger partial charge in [0.25, 0.3) is 0 Å². The molecule has 1 aliphatic heterocycles. The monoisotopic (exact) mass is 277 g/mol. The summed E-state index contributed by atoms with van der Waals surface area (Å²) in [6, 6.07) is 0.0799. The number of piperidine rings is 1. The Bertz CT molecular complexity index is 394. The number of fused-ring (bicyclic) bond motifs is 3. The maximum atomic E-state index is 11.6. The number of Topliss-reactive ketones (excluding diaryl/α,β-unsaturated/α-hetero) is 1. The Morgan fingerprint density at radius 2 is 1.75 bits per heavy atom. The minimum atomic E-state index is 0.0799. The van der Waals surface area contributed by atoms with E-state index in [1.54, 1.807) is 26.2 Å². The lowest BCUT2D eigenvalue weighted by molar-refractivity contribution is -0.126. The van der Waals surface area contributed by atoms with E-state index < -0.39 is 0 Å². The largest absolute Gasteiger partial charge is 0.307 e. The molecule has 2 heteroatoms. The number of carbonyl (C=O) groups is 1. The number of ketones is 1. The molecule has 4 unspecified atom stereocenters. The molecule has 0 aromatic heterocycles. The Balaban J connectivity index is 0.000000165. The maximum absolute atomic E-state index is 11.6. The number of hydrogen-bond donors (Lipinski definition) is 1. The van der Waals surface area contributed by atoms with Crippen molar-refractivity contribution in [1.29, 1.82) is 0 Å². The summed E-state index contributed by atoms with van der Waals surface area (Å²) in [5, 5.41) is 3.43. The first-order valence-corrected chi connectivity index (χ1v) is 8.60. The summed E-state index contributed by atoms with van der Waals surface area (Å²) in [5.41, 5.74) is 0.482. The van der Waals surface area contributed by atoms with Gasteiger partial charge in [0, 0.05) is 0 Å². The van der Waals surface area contributed by atoms with Crippen molar-refractivity contribution in [2.45, 2.75) is 72.3 Å². The molecule has 0 aromatic rings. The smallest absolute Gasteiger partial charge is 0.147 e. The normalized spacial score (nSPS) is 47.2. The SMILES string of the molecule is C1CC2CC2C1.CC(=O)C1NCC2CC[C@]1(C)C2(C)C. The van der Waals surface area contributed by atoms with Crippen LogP contribution in [0, 0.1) is 28.6 Å². The number of hydrogen-bond acceptors (Lipinski definition) is 2. The van der Waals surface area contributed by atoms with Crippen molar-refractivity contribution in [2.24, 2.45) is 28.6 Å². The quantitative estimate of drug-likeness (QED) is 0.790. The van der Waals surface area contributed by atoms with Gasteiger partial charge in [0.1, 0.15) is 5.78 Å². The molecule has 1 saturated heterocycles. The molecule has 4 fully saturated rings. The van der Waals surface area contributed by atoms with Crippen LogP contribution >= 0.6 is 0 Å². The van der Waals surface area contributed by atoms with Gasteiger partial charge >= 0.3 is 0 Å². The van der Waals surface area contributed by atoms with Crippen LogP contribution in [0.15, 0.2) is 0 Å². The average Bonchev–Trinajstić information content (AvgIpc) is 2.97. The third kappa shape index (κ3) is 2.15. The van der Waals surface area contributed by atoms with E-state index in [2.05, 4.69) is 26.1 Å². The van der Waals surface area contributed by atoms with Crippen molar-refractivity contribution in [3.63, 3.8) is 0 Å². The lowest BCUT2D eigenvalue weighted by Gasteiger charge is -2.50. The highest BCUT2D eigenvalue weighted by molar-refractivity contribution is 5.82. The minimum Gasteiger partial charge on any atom is -0.307 e. The molecule has 2 nitrogen and oxygen atoms in total. The molecule has 3 aliphatic carbocycles. The first-order chi connectivity index (χ1) is 9.36. The second-order valence-corrected chi connectivity index (χ2v) is 8.51. The molecule has 0 aromatic carbocycles. The summed E-state index contributed by atoms with van der Waals surface area (Å²) in [7, 11) is 0. The van der Waals surface area contributed by atoms with E-state index in [4.69, 9.17) is 0 Å². The summed E-state index contributed by atoms with van der Waals surface area (Å²) in [6.45, 7) is 9.69. The van der Waals surface area contributed by atoms with E-state index in [9.17, 15) is 4.79 Å². The predicted molar refractivity (Wildman–Crippen MR) is 82.5 cm³/mol. The van der Waals surface area contributed by atoms with Gasteiger partial charge in [-0.15, -0.1) is 0 Å². The summed E-state index contributed by atoms with van der Waals surface area (Å²) < 4.78 is 0. The van der Waals surface area contributed by atoms with E-state index >= 15 is 0 Å². The Morgan fingerprint density at radius 1 is 1.10 bits per heavy atom. The van der Waals surface area contributed by atoms with Crippen molar-refractivity contribution >= 4 is 5.78 Å². The van der Waals surface area contributed by atoms with Crippen molar-refractivity contribution in [1.82, 2.24) is 5.32 Å². The van der Waals surface area contributed by atoms with Crippen molar-refractivity contribution < 1.29 is 4.79 Å². The summed E-state index contributed by atoms with van der Waals surface area (Å²) in [5.74, 6) is 3.49. The molecule has 20 heavy (non-hydrogen) atoms. The van der Waals surface area contributed by atoms with E-state index in [1.807, 2.05) is 0 Å². The molecule has 1 heterocycles. The third-order valence-corrected chi connectivity index (χ3v) is 7.34. The number of rotatable bonds is 1. The first kappa shape index (κ1) is 14.6. The van der Waals surface area contributed by atoms with Gasteiger partial charge < -0.3 is 5.32 Å². The molecule has 0 spiro atoms. The van der Waals surface area contributed by atoms with Crippen molar-refractivity contribution in [2.75, 3.05) is 6.54 Å². The highest BCUT2D eigenvalue weighted by Crippen LogP contribution is 2.59. The maximum Gasteiger partial charge on any atom is 0.147 e. The van der Waals surface area contributed by atoms with Crippen LogP contribution in [0.5, 0.6) is 0 Å². The van der Waals surface area contributed by atoms with Crippen LogP contribution in [0.25, 0.3) is 0 Å². The van der Waals surface area contributed by atoms with Crippen molar-refractivity contribution in [3.05, 3.63) is 0 Å². The lowest BCUT2D eigenvalue weighted by atomic mass is 9.59. The van der Waals surface area contributed by atoms with Gasteiger partial charge in [-0.25, -0.2) is 0 Å². The standard InChI is InChI=1S/C12H21NO.C6H10/c1-8(14)10-12(4)6-5-9(7-13-10)11(12,2)3;1-2-5-4-6(5)3-1/h9-10,13H,5-7H2,1-4H3;5-6H,1-4H2/t9?,10?,12-;/m0./s1. The van der Waals surface area contributed by atoms with Crippen LogP contribution in [0.3, 0.4) is 0 Å². The zero-order valence-corrected chi connectivity index (χ0v) is 13.7. The Labute approximate surface area is 124 Å². The topological polar surface area (TPSA) is 29.1 Å². The average molecular weight is 277 g/mol. The molecular formula is C18H31NO. The fraction of sp³-hybridized carbons (Fsp3) is 0.944. The van der Waals surface area contributed by atoms with Gasteiger partial charge in [0.2, 0.25) is 0 Å². The Hall–Kier alpha value is -0.370. The van der Waals surface area contributed by atoms with Gasteiger partial charge in [0.05, 0.1) is 6.04 Å². The van der Waals surface area contributed by atoms with Crippen LogP contribution in [0.1, 0.15) is 66.2 Å². The third-order valence-electron chi connectivity index (χ3n) is 7.34. The van der Waals surface area contributed by atoms with Gasteiger partial charge in [-0.1, -0.05) is 40.0 Å². The zero-order chi connectivity index (χ0) is 14.5. The predicted octanol–water partition coefficient (Wildman–Crippen LogP) is 3.80. The molecule has 4 rings (SSSR count). The molecule has 0 amide bonds. The molecular weight excluding hydrogens is 246 g/mol. The molecule has 5 atom stereocenters. The van der Waals surface area contributed by atoms with Crippen LogP contribution < -0.4 is 5.32 Å². The van der Waals surface area contributed by atoms with Gasteiger partial charge in [-0.3, -0.25) is 4.79 Å². The number of nitrogens with one attached hydrogen (secondary N) is 1. The second kappa shape index (κ2) is 4.83. The summed E-state index contributed by atoms with van der Waals surface area (Å²) in [6.07, 6.45) is 8.72. The zero-order valence-electron chi connectivity index (χ0n) is 13.7. The fourth-order valence-corrected chi connectivity index (χ4v) is 5.23. The fourth-order valence-electron chi connectivity index (χ4n) is 5.23. The molecule has 1 N–H and O–H groups in total. The molecule has 4 aliphatic rings. The van der Waals surface area contributed by atoms with E-state index in [1.165, 1.54) is 31.1 Å².